The normalized spacial score (nSPS) is 22.4. The predicted molar refractivity (Wildman–Crippen MR) is 110 cm³/mol. The van der Waals surface area contributed by atoms with E-state index in [4.69, 9.17) is 0 Å². The maximum absolute atomic E-state index is 12.8. The molecule has 2 N–H and O–H groups in total. The zero-order valence-corrected chi connectivity index (χ0v) is 16.6. The highest BCUT2D eigenvalue weighted by Crippen LogP contribution is 2.53. The number of rotatable bonds is 7. The van der Waals surface area contributed by atoms with Gasteiger partial charge in [0.05, 0.1) is 6.20 Å². The highest BCUT2D eigenvalue weighted by Gasteiger charge is 2.55. The number of aromatic amines is 1. The third-order valence-corrected chi connectivity index (χ3v) is 6.05. The van der Waals surface area contributed by atoms with E-state index in [1.54, 1.807) is 6.20 Å². The molecule has 2 heterocycles. The maximum Gasteiger partial charge on any atom is 0.224 e. The summed E-state index contributed by atoms with van der Waals surface area (Å²) in [5.74, 6) is 0.211. The van der Waals surface area contributed by atoms with Crippen LogP contribution in [0.15, 0.2) is 48.8 Å². The van der Waals surface area contributed by atoms with E-state index in [9.17, 15) is 4.79 Å². The van der Waals surface area contributed by atoms with Gasteiger partial charge in [0, 0.05) is 35.5 Å². The first kappa shape index (κ1) is 18.6. The Morgan fingerprint density at radius 3 is 2.86 bits per heavy atom. The van der Waals surface area contributed by atoms with Crippen LogP contribution < -0.4 is 5.32 Å². The molecular weight excluding hydrogens is 350 g/mol. The highest BCUT2D eigenvalue weighted by atomic mass is 16.2. The number of aromatic nitrogens is 3. The first-order chi connectivity index (χ1) is 13.5. The molecular formula is C22H27N5O. The molecule has 0 aliphatic heterocycles. The molecule has 1 saturated carbocycles. The lowest BCUT2D eigenvalue weighted by Crippen LogP contribution is -2.42. The molecule has 1 aromatic carbocycles. The molecule has 4 rings (SSSR count). The lowest BCUT2D eigenvalue weighted by Gasteiger charge is -2.25. The van der Waals surface area contributed by atoms with E-state index < -0.39 is 0 Å². The van der Waals surface area contributed by atoms with Crippen LogP contribution in [0.2, 0.25) is 0 Å². The van der Waals surface area contributed by atoms with E-state index in [-0.39, 0.29) is 23.3 Å². The number of nitrogens with one attached hydrogen (secondary N) is 2. The summed E-state index contributed by atoms with van der Waals surface area (Å²) >= 11 is 0. The summed E-state index contributed by atoms with van der Waals surface area (Å²) in [6.45, 7) is 2.80. The molecule has 146 valence electrons. The van der Waals surface area contributed by atoms with E-state index in [1.807, 2.05) is 38.5 Å². The van der Waals surface area contributed by atoms with Crippen molar-refractivity contribution in [3.8, 4) is 0 Å². The topological polar surface area (TPSA) is 73.9 Å². The van der Waals surface area contributed by atoms with Gasteiger partial charge in [-0.3, -0.25) is 9.89 Å². The number of hydrogen-bond acceptors (Lipinski definition) is 4. The summed E-state index contributed by atoms with van der Waals surface area (Å²) in [6.07, 6.45) is 5.40. The fourth-order valence-electron chi connectivity index (χ4n) is 3.93. The molecule has 6 nitrogen and oxygen atoms in total. The molecule has 0 spiro atoms. The first-order valence-corrected chi connectivity index (χ1v) is 9.75. The zero-order valence-electron chi connectivity index (χ0n) is 16.6. The van der Waals surface area contributed by atoms with Gasteiger partial charge in [-0.1, -0.05) is 37.3 Å². The van der Waals surface area contributed by atoms with Crippen molar-refractivity contribution < 1.29 is 4.79 Å². The molecule has 1 unspecified atom stereocenters. The van der Waals surface area contributed by atoms with E-state index in [1.165, 1.54) is 5.56 Å². The number of pyridine rings is 1. The van der Waals surface area contributed by atoms with Gasteiger partial charge >= 0.3 is 0 Å². The number of carbonyl (C=O) groups is 1. The maximum atomic E-state index is 12.8. The van der Waals surface area contributed by atoms with Gasteiger partial charge in [0.1, 0.15) is 0 Å². The van der Waals surface area contributed by atoms with Crippen LogP contribution in [0.3, 0.4) is 0 Å². The van der Waals surface area contributed by atoms with Crippen molar-refractivity contribution in [2.75, 3.05) is 20.6 Å². The fraction of sp³-hybridized carbons (Fsp3) is 0.409. The van der Waals surface area contributed by atoms with Gasteiger partial charge in [0.25, 0.3) is 0 Å². The largest absolute Gasteiger partial charge is 0.354 e. The molecule has 3 aromatic rings. The average Bonchev–Trinajstić information content (AvgIpc) is 3.19. The fourth-order valence-corrected chi connectivity index (χ4v) is 3.93. The van der Waals surface area contributed by atoms with Crippen LogP contribution in [-0.2, 0) is 16.6 Å². The summed E-state index contributed by atoms with van der Waals surface area (Å²) < 4.78 is 0. The summed E-state index contributed by atoms with van der Waals surface area (Å²) in [5.41, 5.74) is 3.16. The van der Waals surface area contributed by atoms with E-state index in [2.05, 4.69) is 50.5 Å². The van der Waals surface area contributed by atoms with E-state index in [0.717, 1.165) is 29.4 Å². The second-order valence-electron chi connectivity index (χ2n) is 8.26. The molecule has 1 amide bonds. The Bertz CT molecular complexity index is 967. The van der Waals surface area contributed by atoms with Crippen LogP contribution in [0.4, 0.5) is 0 Å². The van der Waals surface area contributed by atoms with E-state index >= 15 is 0 Å². The molecule has 28 heavy (non-hydrogen) atoms. The third kappa shape index (κ3) is 3.64. The highest BCUT2D eigenvalue weighted by molar-refractivity contribution is 5.84. The molecule has 1 aliphatic rings. The van der Waals surface area contributed by atoms with Crippen LogP contribution >= 0.6 is 0 Å². The van der Waals surface area contributed by atoms with Crippen LogP contribution in [0.25, 0.3) is 11.0 Å². The summed E-state index contributed by atoms with van der Waals surface area (Å²) in [7, 11) is 4.09. The molecule has 0 saturated heterocycles. The average molecular weight is 377 g/mol. The van der Waals surface area contributed by atoms with Crippen LogP contribution in [0.5, 0.6) is 0 Å². The van der Waals surface area contributed by atoms with Gasteiger partial charge in [-0.2, -0.15) is 5.10 Å². The van der Waals surface area contributed by atoms with Crippen LogP contribution in [-0.4, -0.2) is 52.7 Å². The summed E-state index contributed by atoms with van der Waals surface area (Å²) in [4.78, 5) is 19.3. The minimum atomic E-state index is -0.0325. The van der Waals surface area contributed by atoms with Crippen molar-refractivity contribution in [2.24, 2.45) is 5.92 Å². The van der Waals surface area contributed by atoms with Crippen molar-refractivity contribution >= 4 is 16.9 Å². The molecule has 0 bridgehead atoms. The quantitative estimate of drug-likeness (QED) is 0.664. The predicted octanol–water partition coefficient (Wildman–Crippen LogP) is 2.52. The number of H-pyrrole nitrogens is 1. The molecule has 0 radical (unpaired) electrons. The van der Waals surface area contributed by atoms with Crippen molar-refractivity contribution in [3.05, 3.63) is 59.9 Å². The van der Waals surface area contributed by atoms with E-state index in [0.29, 0.717) is 6.54 Å². The van der Waals surface area contributed by atoms with Crippen molar-refractivity contribution in [2.45, 2.75) is 31.2 Å². The zero-order chi connectivity index (χ0) is 19.7. The van der Waals surface area contributed by atoms with Crippen LogP contribution in [0, 0.1) is 5.92 Å². The molecule has 2 aromatic heterocycles. The van der Waals surface area contributed by atoms with Gasteiger partial charge in [-0.05, 0) is 44.1 Å². The van der Waals surface area contributed by atoms with Crippen molar-refractivity contribution in [1.82, 2.24) is 25.4 Å². The number of amides is 1. The monoisotopic (exact) mass is 377 g/mol. The number of fused-ring (bicyclic) bond motifs is 1. The standard InChI is InChI=1S/C22H27N5O/c1-22(17-7-5-4-6-8-17)11-19(22)21(28)24-14-18(27(2)3)10-15-9-16-13-25-26-20(16)23-12-15/h4-9,12-13,18-19H,10-11,14H2,1-3H3,(H,24,28)(H,23,25,26)/t18?,19-,22-/m0/s1. The Kier molecular flexibility index (Phi) is 4.89. The number of likely N-dealkylation sites (N-methyl/N-ethyl adjacent to an activating group) is 1. The molecule has 3 atom stereocenters. The second kappa shape index (κ2) is 7.36. The van der Waals surface area contributed by atoms with Crippen LogP contribution in [0.1, 0.15) is 24.5 Å². The smallest absolute Gasteiger partial charge is 0.224 e. The Balaban J connectivity index is 1.37. The van der Waals surface area contributed by atoms with Gasteiger partial charge in [0.15, 0.2) is 5.65 Å². The Morgan fingerprint density at radius 1 is 1.32 bits per heavy atom. The molecule has 1 aliphatic carbocycles. The first-order valence-electron chi connectivity index (χ1n) is 9.75. The van der Waals surface area contributed by atoms with Crippen molar-refractivity contribution in [3.63, 3.8) is 0 Å². The van der Waals surface area contributed by atoms with Gasteiger partial charge in [-0.25, -0.2) is 4.98 Å². The lowest BCUT2D eigenvalue weighted by atomic mass is 9.95. The van der Waals surface area contributed by atoms with Gasteiger partial charge in [-0.15, -0.1) is 0 Å². The summed E-state index contributed by atoms with van der Waals surface area (Å²) in [6, 6.07) is 12.7. The van der Waals surface area contributed by atoms with Gasteiger partial charge in [0.2, 0.25) is 5.91 Å². The number of carbonyl (C=O) groups excluding carboxylic acids is 1. The number of benzene rings is 1. The third-order valence-electron chi connectivity index (χ3n) is 6.05. The SMILES string of the molecule is CN(C)C(CNC(=O)[C@@H]1C[C@@]1(C)c1ccccc1)Cc1cnc2[nH]ncc2c1. The lowest BCUT2D eigenvalue weighted by molar-refractivity contribution is -0.122. The minimum Gasteiger partial charge on any atom is -0.354 e. The Hall–Kier alpha value is -2.73. The Labute approximate surface area is 165 Å². The minimum absolute atomic E-state index is 0.0325. The molecule has 6 heteroatoms. The summed E-state index contributed by atoms with van der Waals surface area (Å²) in [5, 5.41) is 11.1. The number of hydrogen-bond donors (Lipinski definition) is 2. The van der Waals surface area contributed by atoms with Crippen molar-refractivity contribution in [1.29, 1.82) is 0 Å². The van der Waals surface area contributed by atoms with Gasteiger partial charge < -0.3 is 10.2 Å². The molecule has 1 fully saturated rings. The number of nitrogens with zero attached hydrogens (tertiary/aromatic N) is 3. The Morgan fingerprint density at radius 2 is 2.11 bits per heavy atom. The second-order valence-corrected chi connectivity index (χ2v) is 8.26.